The SMILES string of the molecule is CC(=O)C(C)(C)NCC(=O)C(C)(C)NCC(=O)C(C)(C)NC(=O)[C@@H](N)Cc1cnc[nH]1.CCN[C@@H](CCCCNC(=O)COCCOCCNC(=O)CCCCCCCCCCNC(=O)C(=O)O)C(N)=O. The van der Waals surface area contributed by atoms with E-state index in [0.717, 1.165) is 69.9 Å². The number of nitrogens with two attached hydrogens (primary N) is 2. The van der Waals surface area contributed by atoms with Gasteiger partial charge in [-0.3, -0.25) is 49.0 Å². The minimum absolute atomic E-state index is 0.00621. The summed E-state index contributed by atoms with van der Waals surface area (Å²) in [4.78, 5) is 112. The van der Waals surface area contributed by atoms with Gasteiger partial charge in [-0.25, -0.2) is 9.78 Å². The maximum atomic E-state index is 12.7. The zero-order chi connectivity index (χ0) is 53.9. The van der Waals surface area contributed by atoms with Gasteiger partial charge in [-0.1, -0.05) is 45.4 Å². The molecule has 23 nitrogen and oxygen atoms in total. The third-order valence-electron chi connectivity index (χ3n) is 11.4. The Bertz CT molecular complexity index is 1770. The Kier molecular flexibility index (Phi) is 34.0. The number of carbonyl (C=O) groups is 9. The van der Waals surface area contributed by atoms with Crippen molar-refractivity contribution in [3.05, 3.63) is 18.2 Å². The number of likely N-dealkylation sites (N-methyl/N-ethyl adjacent to an activating group) is 1. The van der Waals surface area contributed by atoms with Crippen molar-refractivity contribution in [2.45, 2.75) is 168 Å². The predicted molar refractivity (Wildman–Crippen MR) is 268 cm³/mol. The third kappa shape index (κ3) is 32.4. The number of H-pyrrole nitrogens is 1. The number of hydrogen-bond acceptors (Lipinski definition) is 16. The molecule has 2 atom stereocenters. The first-order valence-corrected chi connectivity index (χ1v) is 24.7. The van der Waals surface area contributed by atoms with Crippen molar-refractivity contribution in [2.75, 3.05) is 65.7 Å². The zero-order valence-electron chi connectivity index (χ0n) is 43.6. The van der Waals surface area contributed by atoms with Crippen LogP contribution in [0.3, 0.4) is 0 Å². The molecule has 0 unspecified atom stereocenters. The van der Waals surface area contributed by atoms with Crippen LogP contribution in [0.4, 0.5) is 0 Å². The second kappa shape index (κ2) is 36.7. The van der Waals surface area contributed by atoms with Crippen LogP contribution in [-0.2, 0) is 59.0 Å². The highest BCUT2D eigenvalue weighted by molar-refractivity contribution is 6.31. The lowest BCUT2D eigenvalue weighted by molar-refractivity contribution is -0.150. The van der Waals surface area contributed by atoms with E-state index in [0.29, 0.717) is 52.2 Å². The van der Waals surface area contributed by atoms with Gasteiger partial charge in [-0.15, -0.1) is 0 Å². The van der Waals surface area contributed by atoms with Crippen molar-refractivity contribution in [3.63, 3.8) is 0 Å². The van der Waals surface area contributed by atoms with Crippen molar-refractivity contribution in [2.24, 2.45) is 11.5 Å². The first-order chi connectivity index (χ1) is 33.4. The number of amides is 5. The van der Waals surface area contributed by atoms with Gasteiger partial charge < -0.3 is 57.6 Å². The Labute approximate surface area is 419 Å². The number of Topliss-reactive ketones (excluding diaryl/α,β-unsaturated/α-hetero) is 3. The Morgan fingerprint density at radius 1 is 0.704 bits per heavy atom. The molecule has 1 aromatic rings. The van der Waals surface area contributed by atoms with Gasteiger partial charge in [0.15, 0.2) is 11.6 Å². The summed E-state index contributed by atoms with van der Waals surface area (Å²) in [7, 11) is 0. The predicted octanol–water partition coefficient (Wildman–Crippen LogP) is 0.235. The molecule has 0 aliphatic heterocycles. The number of ketones is 3. The molecule has 23 heteroatoms. The number of nitrogens with one attached hydrogen (secondary N) is 8. The molecule has 0 aromatic carbocycles. The Balaban J connectivity index is 0.00000142. The number of carboxylic acid groups (broad SMARTS) is 1. The van der Waals surface area contributed by atoms with Gasteiger partial charge in [0, 0.05) is 44.4 Å². The normalized spacial score (nSPS) is 12.4. The molecule has 13 N–H and O–H groups in total. The second-order valence-corrected chi connectivity index (χ2v) is 18.9. The number of aromatic nitrogens is 2. The number of aromatic amines is 1. The highest BCUT2D eigenvalue weighted by Crippen LogP contribution is 2.12. The van der Waals surface area contributed by atoms with Crippen molar-refractivity contribution in [3.8, 4) is 0 Å². The number of aliphatic carboxylic acids is 1. The quantitative estimate of drug-likeness (QED) is 0.0310. The largest absolute Gasteiger partial charge is 0.474 e. The van der Waals surface area contributed by atoms with Crippen LogP contribution < -0.4 is 48.7 Å². The third-order valence-corrected chi connectivity index (χ3v) is 11.4. The number of primary amides is 1. The fourth-order valence-electron chi connectivity index (χ4n) is 6.29. The van der Waals surface area contributed by atoms with Crippen LogP contribution >= 0.6 is 0 Å². The molecule has 0 fully saturated rings. The molecule has 406 valence electrons. The maximum absolute atomic E-state index is 12.7. The summed E-state index contributed by atoms with van der Waals surface area (Å²) in [6.45, 7) is 16.1. The van der Waals surface area contributed by atoms with Gasteiger partial charge in [-0.05, 0) is 87.1 Å². The standard InChI is InChI=1S/C27H51N5O8.C21H36N6O4/c1-2-29-22(25(28)35)13-10-12-15-30-24(34)21-40-20-19-39-18-17-31-23(33)14-9-7-5-3-4-6-8-11-16-32-26(36)27(37)38;1-13(28)19(2,3)25-10-16(29)20(4,5)26-11-17(30)21(6,7)27-18(31)15(22)8-14-9-23-12-24-14/h22,29H,2-21H2,1H3,(H2,28,35)(H,30,34)(H,31,33)(H,32,36)(H,37,38);9,12,15,25-26H,8,10-11,22H2,1-7H3,(H,23,24)(H,27,31)/t22-;15-/m00/s1. The molecule has 5 amide bonds. The number of hydrogen-bond donors (Lipinski definition) is 11. The molecule has 1 heterocycles. The van der Waals surface area contributed by atoms with Gasteiger partial charge >= 0.3 is 11.9 Å². The average molecular weight is 1010 g/mol. The number of ether oxygens (including phenoxy) is 2. The Morgan fingerprint density at radius 2 is 1.25 bits per heavy atom. The van der Waals surface area contributed by atoms with E-state index < -0.39 is 40.4 Å². The lowest BCUT2D eigenvalue weighted by Crippen LogP contribution is -2.60. The van der Waals surface area contributed by atoms with E-state index >= 15 is 0 Å². The molecule has 71 heavy (non-hydrogen) atoms. The van der Waals surface area contributed by atoms with E-state index in [1.807, 2.05) is 6.92 Å². The molecule has 0 saturated carbocycles. The van der Waals surface area contributed by atoms with E-state index in [9.17, 15) is 43.2 Å². The van der Waals surface area contributed by atoms with E-state index in [1.165, 1.54) is 13.3 Å². The minimum atomic E-state index is -1.45. The topological polar surface area (TPSA) is 357 Å². The summed E-state index contributed by atoms with van der Waals surface area (Å²) in [5.41, 5.74) is 8.97. The smallest absolute Gasteiger partial charge is 0.394 e. The summed E-state index contributed by atoms with van der Waals surface area (Å²) >= 11 is 0. The molecule has 0 saturated heterocycles. The van der Waals surface area contributed by atoms with Gasteiger partial charge in [0.1, 0.15) is 12.4 Å². The van der Waals surface area contributed by atoms with Crippen molar-refractivity contribution < 1.29 is 57.7 Å². The monoisotopic (exact) mass is 1010 g/mol. The summed E-state index contributed by atoms with van der Waals surface area (Å²) in [5, 5.41) is 28.0. The first kappa shape index (κ1) is 65.8. The maximum Gasteiger partial charge on any atom is 0.394 e. The molecule has 0 spiro atoms. The van der Waals surface area contributed by atoms with Gasteiger partial charge in [-0.2, -0.15) is 0 Å². The van der Waals surface area contributed by atoms with Crippen LogP contribution in [0, 0.1) is 0 Å². The van der Waals surface area contributed by atoms with Crippen LogP contribution in [0.15, 0.2) is 12.5 Å². The molecule has 1 rings (SSSR count). The molecule has 0 radical (unpaired) electrons. The van der Waals surface area contributed by atoms with Crippen molar-refractivity contribution in [1.29, 1.82) is 0 Å². The summed E-state index contributed by atoms with van der Waals surface area (Å²) in [6.07, 6.45) is 13.8. The average Bonchev–Trinajstić information content (AvgIpc) is 3.82. The van der Waals surface area contributed by atoms with Gasteiger partial charge in [0.25, 0.3) is 0 Å². The lowest BCUT2D eigenvalue weighted by Gasteiger charge is -2.31. The molecular formula is C48H87N11O12. The van der Waals surface area contributed by atoms with E-state index in [1.54, 1.807) is 47.7 Å². The molecule has 1 aromatic heterocycles. The van der Waals surface area contributed by atoms with E-state index in [4.69, 9.17) is 26.0 Å². The Hall–Kier alpha value is -5.20. The number of imidazole rings is 1. The highest BCUT2D eigenvalue weighted by atomic mass is 16.5. The fourth-order valence-corrected chi connectivity index (χ4v) is 6.29. The summed E-state index contributed by atoms with van der Waals surface area (Å²) in [5.74, 6) is -4.00. The van der Waals surface area contributed by atoms with Crippen LogP contribution in [0.25, 0.3) is 0 Å². The van der Waals surface area contributed by atoms with Crippen LogP contribution in [-0.4, -0.2) is 162 Å². The minimum Gasteiger partial charge on any atom is -0.474 e. The molecular weight excluding hydrogens is 923 g/mol. The van der Waals surface area contributed by atoms with Gasteiger partial charge in [0.2, 0.25) is 23.6 Å². The Morgan fingerprint density at radius 3 is 1.83 bits per heavy atom. The van der Waals surface area contributed by atoms with Crippen molar-refractivity contribution in [1.82, 2.24) is 47.2 Å². The highest BCUT2D eigenvalue weighted by Gasteiger charge is 2.35. The number of nitrogens with zero attached hydrogens (tertiary/aromatic N) is 1. The van der Waals surface area contributed by atoms with E-state index in [-0.39, 0.29) is 73.8 Å². The number of carboxylic acids is 1. The number of unbranched alkanes of at least 4 members (excludes halogenated alkanes) is 8. The summed E-state index contributed by atoms with van der Waals surface area (Å²) in [6, 6.07) is -1.17. The van der Waals surface area contributed by atoms with Gasteiger partial charge in [0.05, 0.1) is 67.9 Å². The number of carbonyl (C=O) groups excluding carboxylic acids is 8. The lowest BCUT2D eigenvalue weighted by atomic mass is 9.94. The van der Waals surface area contributed by atoms with Crippen LogP contribution in [0.2, 0.25) is 0 Å². The molecule has 0 aliphatic rings. The van der Waals surface area contributed by atoms with E-state index in [2.05, 4.69) is 47.2 Å². The summed E-state index contributed by atoms with van der Waals surface area (Å²) < 4.78 is 10.7. The van der Waals surface area contributed by atoms with Crippen molar-refractivity contribution >= 4 is 52.9 Å². The second-order valence-electron chi connectivity index (χ2n) is 18.9. The fraction of sp³-hybridized carbons (Fsp3) is 0.750. The molecule has 0 bridgehead atoms. The first-order valence-electron chi connectivity index (χ1n) is 24.7. The zero-order valence-corrected chi connectivity index (χ0v) is 43.6. The number of rotatable bonds is 40. The van der Waals surface area contributed by atoms with Crippen LogP contribution in [0.5, 0.6) is 0 Å². The molecule has 0 aliphatic carbocycles. The van der Waals surface area contributed by atoms with Crippen LogP contribution in [0.1, 0.15) is 138 Å².